The molecular weight excluding hydrogens is 531 g/mol. The molecule has 2 aliphatic carbocycles. The second kappa shape index (κ2) is 9.96. The number of fused-ring (bicyclic) bond motifs is 5. The molecule has 10 heteroatoms. The van der Waals surface area contributed by atoms with Crippen molar-refractivity contribution >= 4 is 34.4 Å². The van der Waals surface area contributed by atoms with Crippen molar-refractivity contribution in [2.45, 2.75) is 50.0 Å². The molecule has 2 atom stereocenters. The van der Waals surface area contributed by atoms with Crippen LogP contribution in [-0.4, -0.2) is 64.1 Å². The van der Waals surface area contributed by atoms with Crippen LogP contribution in [0.15, 0.2) is 36.7 Å². The van der Waals surface area contributed by atoms with Gasteiger partial charge in [0.25, 0.3) is 5.91 Å². The summed E-state index contributed by atoms with van der Waals surface area (Å²) in [7, 11) is 0. The molecule has 4 heterocycles. The fourth-order valence-electron chi connectivity index (χ4n) is 7.06. The molecule has 1 amide bonds. The zero-order valence-electron chi connectivity index (χ0n) is 22.3. The van der Waals surface area contributed by atoms with E-state index in [1.54, 1.807) is 0 Å². The Balaban J connectivity index is 1.22. The van der Waals surface area contributed by atoms with Crippen LogP contribution in [0.2, 0.25) is 5.02 Å². The van der Waals surface area contributed by atoms with Crippen molar-refractivity contribution < 1.29 is 13.9 Å². The normalized spacial score (nSPS) is 22.1. The van der Waals surface area contributed by atoms with E-state index in [1.165, 1.54) is 30.4 Å². The molecule has 0 spiro atoms. The van der Waals surface area contributed by atoms with E-state index in [2.05, 4.69) is 45.3 Å². The van der Waals surface area contributed by atoms with Gasteiger partial charge in [0.05, 0.1) is 21.6 Å². The van der Waals surface area contributed by atoms with Gasteiger partial charge in [0.1, 0.15) is 12.4 Å². The Morgan fingerprint density at radius 3 is 2.83 bits per heavy atom. The summed E-state index contributed by atoms with van der Waals surface area (Å²) < 4.78 is 19.3. The van der Waals surface area contributed by atoms with Crippen LogP contribution in [0.4, 0.5) is 10.2 Å². The highest BCUT2D eigenvalue weighted by molar-refractivity contribution is 6.34. The van der Waals surface area contributed by atoms with Crippen molar-refractivity contribution in [3.8, 4) is 17.3 Å². The van der Waals surface area contributed by atoms with E-state index in [4.69, 9.17) is 26.3 Å². The highest BCUT2D eigenvalue weighted by Crippen LogP contribution is 2.58. The lowest BCUT2D eigenvalue weighted by molar-refractivity contribution is -0.118. The molecule has 8 nitrogen and oxygen atoms in total. The molecule has 1 saturated carbocycles. The van der Waals surface area contributed by atoms with Gasteiger partial charge in [-0.3, -0.25) is 9.69 Å². The predicted molar refractivity (Wildman–Crippen MR) is 152 cm³/mol. The Kier molecular flexibility index (Phi) is 6.39. The monoisotopic (exact) mass is 562 g/mol. The van der Waals surface area contributed by atoms with E-state index < -0.39 is 11.7 Å². The molecule has 2 unspecified atom stereocenters. The Bertz CT molecular complexity index is 1520. The van der Waals surface area contributed by atoms with E-state index in [1.807, 2.05) is 6.07 Å². The average molecular weight is 563 g/mol. The van der Waals surface area contributed by atoms with Crippen molar-refractivity contribution in [3.05, 3.63) is 52.8 Å². The van der Waals surface area contributed by atoms with Crippen LogP contribution in [0, 0.1) is 5.92 Å². The fraction of sp³-hybridized carbons (Fsp3) is 0.467. The molecule has 3 aromatic rings. The molecule has 0 bridgehead atoms. The molecule has 0 radical (unpaired) electrons. The van der Waals surface area contributed by atoms with Crippen LogP contribution in [0.1, 0.15) is 49.1 Å². The maximum absolute atomic E-state index is 13.1. The van der Waals surface area contributed by atoms with E-state index in [0.717, 1.165) is 49.5 Å². The number of rotatable bonds is 9. The zero-order chi connectivity index (χ0) is 27.4. The molecule has 2 aromatic heterocycles. The SMILES string of the molecule is C=C(F)C(=O)NCCNc1nc(OCC23CCCN2CCC3)nc2nc(-c3cccc4c3C3CC3C4)c(Cl)cc12. The molecule has 1 aromatic carbocycles. The topological polar surface area (TPSA) is 92.3 Å². The number of hydrogen-bond donors (Lipinski definition) is 2. The number of anilines is 1. The van der Waals surface area contributed by atoms with Crippen LogP contribution >= 0.6 is 11.6 Å². The summed E-state index contributed by atoms with van der Waals surface area (Å²) in [6.45, 7) is 6.26. The Morgan fingerprint density at radius 1 is 1.20 bits per heavy atom. The second-order valence-corrected chi connectivity index (χ2v) is 11.9. The number of pyridine rings is 1. The van der Waals surface area contributed by atoms with E-state index >= 15 is 0 Å². The number of aromatic nitrogens is 3. The van der Waals surface area contributed by atoms with Crippen molar-refractivity contribution in [1.82, 2.24) is 25.2 Å². The van der Waals surface area contributed by atoms with E-state index in [-0.39, 0.29) is 18.1 Å². The molecule has 7 rings (SSSR count). The molecular formula is C30H32ClFN6O2. The first kappa shape index (κ1) is 25.7. The number of carbonyl (C=O) groups excluding carboxylic acids is 1. The van der Waals surface area contributed by atoms with Gasteiger partial charge in [-0.1, -0.05) is 36.4 Å². The standard InChI is InChI=1S/C30H32ClFN6O2/c1-17(32)28(39)34-10-9-33-26-22-15-23(31)25(20-6-2-5-18-13-19-14-21(19)24(18)20)35-27(22)37-29(36-26)40-16-30-7-3-11-38(30)12-4-8-30/h2,5-6,15,19,21H,1,3-4,7-14,16H2,(H,34,39)(H,33,35,36,37). The largest absolute Gasteiger partial charge is 0.461 e. The minimum Gasteiger partial charge on any atom is -0.461 e. The van der Waals surface area contributed by atoms with Gasteiger partial charge in [0.15, 0.2) is 11.5 Å². The summed E-state index contributed by atoms with van der Waals surface area (Å²) >= 11 is 6.87. The third kappa shape index (κ3) is 4.49. The number of carbonyl (C=O) groups is 1. The van der Waals surface area contributed by atoms with Gasteiger partial charge in [-0.25, -0.2) is 9.37 Å². The summed E-state index contributed by atoms with van der Waals surface area (Å²) in [6.07, 6.45) is 6.94. The zero-order valence-corrected chi connectivity index (χ0v) is 23.1. The van der Waals surface area contributed by atoms with Gasteiger partial charge in [0.2, 0.25) is 0 Å². The number of ether oxygens (including phenoxy) is 1. The molecule has 2 saturated heterocycles. The van der Waals surface area contributed by atoms with Crippen LogP contribution in [0.25, 0.3) is 22.3 Å². The first-order chi connectivity index (χ1) is 19.4. The van der Waals surface area contributed by atoms with Crippen molar-refractivity contribution in [2.24, 2.45) is 5.92 Å². The number of halogens is 2. The number of nitrogens with zero attached hydrogens (tertiary/aromatic N) is 4. The predicted octanol–water partition coefficient (Wildman–Crippen LogP) is 5.02. The van der Waals surface area contributed by atoms with Gasteiger partial charge in [-0.05, 0) is 80.6 Å². The number of hydrogen-bond acceptors (Lipinski definition) is 7. The van der Waals surface area contributed by atoms with Crippen molar-refractivity contribution in [2.75, 3.05) is 38.1 Å². The number of nitrogens with one attached hydrogen (secondary N) is 2. The average Bonchev–Trinajstić information content (AvgIpc) is 3.24. The summed E-state index contributed by atoms with van der Waals surface area (Å²) in [5.41, 5.74) is 5.10. The van der Waals surface area contributed by atoms with E-state index in [0.29, 0.717) is 40.9 Å². The Hall–Kier alpha value is -3.30. The number of amides is 1. The van der Waals surface area contributed by atoms with Crippen LogP contribution < -0.4 is 15.4 Å². The highest BCUT2D eigenvalue weighted by Gasteiger charge is 2.47. The lowest BCUT2D eigenvalue weighted by atomic mass is 9.95. The highest BCUT2D eigenvalue weighted by atomic mass is 35.5. The molecule has 2 aliphatic heterocycles. The first-order valence-electron chi connectivity index (χ1n) is 14.2. The number of benzene rings is 1. The van der Waals surface area contributed by atoms with Gasteiger partial charge in [-0.15, -0.1) is 0 Å². The maximum Gasteiger partial charge on any atom is 0.320 e. The molecule has 40 heavy (non-hydrogen) atoms. The van der Waals surface area contributed by atoms with E-state index in [9.17, 15) is 9.18 Å². The van der Waals surface area contributed by atoms with Gasteiger partial charge in [0, 0.05) is 18.7 Å². The van der Waals surface area contributed by atoms with Gasteiger partial charge < -0.3 is 15.4 Å². The minimum atomic E-state index is -1.02. The fourth-order valence-corrected chi connectivity index (χ4v) is 7.31. The maximum atomic E-state index is 13.1. The van der Waals surface area contributed by atoms with Crippen LogP contribution in [0.3, 0.4) is 0 Å². The second-order valence-electron chi connectivity index (χ2n) is 11.5. The summed E-state index contributed by atoms with van der Waals surface area (Å²) in [6, 6.07) is 8.50. The lowest BCUT2D eigenvalue weighted by Crippen LogP contribution is -2.43. The Labute approximate surface area is 237 Å². The third-order valence-corrected chi connectivity index (χ3v) is 9.37. The van der Waals surface area contributed by atoms with Crippen LogP contribution in [0.5, 0.6) is 6.01 Å². The first-order valence-corrected chi connectivity index (χ1v) is 14.5. The van der Waals surface area contributed by atoms with Gasteiger partial charge >= 0.3 is 6.01 Å². The summed E-state index contributed by atoms with van der Waals surface area (Å²) in [5.74, 6) is -0.0191. The van der Waals surface area contributed by atoms with Crippen molar-refractivity contribution in [1.29, 1.82) is 0 Å². The molecule has 2 N–H and O–H groups in total. The summed E-state index contributed by atoms with van der Waals surface area (Å²) in [5, 5.41) is 6.89. The molecule has 3 fully saturated rings. The smallest absolute Gasteiger partial charge is 0.320 e. The summed E-state index contributed by atoms with van der Waals surface area (Å²) in [4.78, 5) is 28.5. The minimum absolute atomic E-state index is 0.0505. The quantitative estimate of drug-likeness (QED) is 0.279. The van der Waals surface area contributed by atoms with Gasteiger partial charge in [-0.2, -0.15) is 9.97 Å². The third-order valence-electron chi connectivity index (χ3n) is 9.08. The Morgan fingerprint density at radius 2 is 2.02 bits per heavy atom. The molecule has 4 aliphatic rings. The lowest BCUT2D eigenvalue weighted by Gasteiger charge is -2.31. The van der Waals surface area contributed by atoms with Crippen LogP contribution in [-0.2, 0) is 11.2 Å². The van der Waals surface area contributed by atoms with Crippen molar-refractivity contribution in [3.63, 3.8) is 0 Å². The molecule has 208 valence electrons.